The van der Waals surface area contributed by atoms with E-state index in [1.165, 1.54) is 12.5 Å². The molecular weight excluding hydrogens is 320 g/mol. The molecule has 1 amide bonds. The summed E-state index contributed by atoms with van der Waals surface area (Å²) in [6.45, 7) is 2.21. The summed E-state index contributed by atoms with van der Waals surface area (Å²) in [4.78, 5) is 13.9. The fraction of sp³-hybridized carbons (Fsp3) is 0.278. The first-order valence-electron chi connectivity index (χ1n) is 8.13. The van der Waals surface area contributed by atoms with Crippen LogP contribution in [0.15, 0.2) is 59.5 Å². The summed E-state index contributed by atoms with van der Waals surface area (Å²) in [5.41, 5.74) is 2.49. The normalized spacial score (nSPS) is 14.5. The van der Waals surface area contributed by atoms with Crippen molar-refractivity contribution in [1.29, 1.82) is 0 Å². The lowest BCUT2D eigenvalue weighted by Crippen LogP contribution is -2.50. The molecule has 0 spiro atoms. The Labute approximate surface area is 144 Å². The van der Waals surface area contributed by atoms with Crippen LogP contribution in [0.25, 0.3) is 0 Å². The van der Waals surface area contributed by atoms with E-state index >= 15 is 0 Å². The minimum absolute atomic E-state index is 0.0171. The summed E-state index contributed by atoms with van der Waals surface area (Å²) in [5.74, 6) is -0.0171. The molecule has 7 nitrogen and oxygen atoms in total. The Morgan fingerprint density at radius 2 is 2.04 bits per heavy atom. The third kappa shape index (κ3) is 3.46. The standard InChI is InChI=1S/C18H18N4O3/c23-18(15-6-7-24-12-15)21-9-17(10-21)22-8-16(19-20-22)13-25-11-14-4-2-1-3-5-14/h1-8,12,17H,9-11,13H2. The molecule has 1 aliphatic heterocycles. The number of carbonyl (C=O) groups excluding carboxylic acids is 1. The van der Waals surface area contributed by atoms with E-state index in [-0.39, 0.29) is 11.9 Å². The molecule has 1 aromatic carbocycles. The van der Waals surface area contributed by atoms with Crippen LogP contribution in [0, 0.1) is 0 Å². The lowest BCUT2D eigenvalue weighted by molar-refractivity contribution is 0.0497. The molecule has 2 aromatic heterocycles. The van der Waals surface area contributed by atoms with Gasteiger partial charge in [-0.1, -0.05) is 35.5 Å². The lowest BCUT2D eigenvalue weighted by Gasteiger charge is -2.38. The summed E-state index contributed by atoms with van der Waals surface area (Å²) >= 11 is 0. The first-order chi connectivity index (χ1) is 12.3. The van der Waals surface area contributed by atoms with Crippen LogP contribution in [0.4, 0.5) is 0 Å². The van der Waals surface area contributed by atoms with Crippen LogP contribution in [-0.4, -0.2) is 38.9 Å². The lowest BCUT2D eigenvalue weighted by atomic mass is 10.1. The van der Waals surface area contributed by atoms with Gasteiger partial charge in [0, 0.05) is 13.1 Å². The molecule has 0 unspecified atom stereocenters. The highest BCUT2D eigenvalue weighted by Gasteiger charge is 2.33. The second kappa shape index (κ2) is 6.90. The molecule has 0 bridgehead atoms. The van der Waals surface area contributed by atoms with Crippen LogP contribution in [0.3, 0.4) is 0 Å². The first kappa shape index (κ1) is 15.6. The van der Waals surface area contributed by atoms with Crippen LogP contribution in [0.1, 0.15) is 27.7 Å². The van der Waals surface area contributed by atoms with Crippen LogP contribution < -0.4 is 0 Å². The Morgan fingerprint density at radius 1 is 1.20 bits per heavy atom. The Balaban J connectivity index is 1.26. The zero-order valence-electron chi connectivity index (χ0n) is 13.6. The van der Waals surface area contributed by atoms with Gasteiger partial charge in [0.2, 0.25) is 0 Å². The SMILES string of the molecule is O=C(c1ccoc1)N1CC(n2cc(COCc3ccccc3)nn2)C1. The number of amides is 1. The van der Waals surface area contributed by atoms with Gasteiger partial charge in [0.05, 0.1) is 37.3 Å². The third-order valence-electron chi connectivity index (χ3n) is 4.21. The molecule has 25 heavy (non-hydrogen) atoms. The summed E-state index contributed by atoms with van der Waals surface area (Å²) < 4.78 is 12.4. The largest absolute Gasteiger partial charge is 0.472 e. The van der Waals surface area contributed by atoms with Crippen molar-refractivity contribution in [3.63, 3.8) is 0 Å². The average molecular weight is 338 g/mol. The van der Waals surface area contributed by atoms with E-state index in [0.29, 0.717) is 31.9 Å². The number of rotatable bonds is 6. The molecule has 1 saturated heterocycles. The molecular formula is C18H18N4O3. The summed E-state index contributed by atoms with van der Waals surface area (Å²) in [7, 11) is 0. The number of carbonyl (C=O) groups is 1. The van der Waals surface area contributed by atoms with E-state index in [9.17, 15) is 4.79 Å². The summed E-state index contributed by atoms with van der Waals surface area (Å²) in [6.07, 6.45) is 4.85. The molecule has 0 atom stereocenters. The van der Waals surface area contributed by atoms with E-state index in [0.717, 1.165) is 11.3 Å². The van der Waals surface area contributed by atoms with Crippen LogP contribution in [0.5, 0.6) is 0 Å². The number of hydrogen-bond acceptors (Lipinski definition) is 5. The fourth-order valence-corrected chi connectivity index (χ4v) is 2.76. The van der Waals surface area contributed by atoms with Gasteiger partial charge >= 0.3 is 0 Å². The number of likely N-dealkylation sites (tertiary alicyclic amines) is 1. The van der Waals surface area contributed by atoms with Gasteiger partial charge in [-0.3, -0.25) is 4.79 Å². The van der Waals surface area contributed by atoms with Crippen molar-refractivity contribution in [2.45, 2.75) is 19.3 Å². The van der Waals surface area contributed by atoms with Gasteiger partial charge in [-0.05, 0) is 11.6 Å². The van der Waals surface area contributed by atoms with Crippen LogP contribution in [0.2, 0.25) is 0 Å². The van der Waals surface area contributed by atoms with E-state index < -0.39 is 0 Å². The second-order valence-electron chi connectivity index (χ2n) is 6.04. The third-order valence-corrected chi connectivity index (χ3v) is 4.21. The highest BCUT2D eigenvalue weighted by atomic mass is 16.5. The number of hydrogen-bond donors (Lipinski definition) is 0. The smallest absolute Gasteiger partial charge is 0.257 e. The fourth-order valence-electron chi connectivity index (χ4n) is 2.76. The monoisotopic (exact) mass is 338 g/mol. The van der Waals surface area contributed by atoms with E-state index in [2.05, 4.69) is 10.3 Å². The molecule has 3 heterocycles. The van der Waals surface area contributed by atoms with Crippen LogP contribution >= 0.6 is 0 Å². The van der Waals surface area contributed by atoms with Crippen molar-refractivity contribution < 1.29 is 13.9 Å². The Bertz CT molecular complexity index is 823. The van der Waals surface area contributed by atoms with Gasteiger partial charge in [-0.15, -0.1) is 5.10 Å². The van der Waals surface area contributed by atoms with Gasteiger partial charge in [0.25, 0.3) is 5.91 Å². The van der Waals surface area contributed by atoms with E-state index in [4.69, 9.17) is 9.15 Å². The maximum atomic E-state index is 12.1. The zero-order valence-corrected chi connectivity index (χ0v) is 13.6. The predicted molar refractivity (Wildman–Crippen MR) is 88.6 cm³/mol. The Hall–Kier alpha value is -2.93. The zero-order chi connectivity index (χ0) is 17.1. The molecule has 3 aromatic rings. The van der Waals surface area contributed by atoms with E-state index in [1.54, 1.807) is 15.6 Å². The average Bonchev–Trinajstić information content (AvgIpc) is 3.26. The van der Waals surface area contributed by atoms with Crippen molar-refractivity contribution in [3.8, 4) is 0 Å². The van der Waals surface area contributed by atoms with Crippen LogP contribution in [-0.2, 0) is 18.0 Å². The topological polar surface area (TPSA) is 73.4 Å². The molecule has 0 N–H and O–H groups in total. The number of furan rings is 1. The maximum absolute atomic E-state index is 12.1. The van der Waals surface area contributed by atoms with Crippen molar-refractivity contribution in [2.24, 2.45) is 0 Å². The summed E-state index contributed by atoms with van der Waals surface area (Å²) in [5, 5.41) is 8.29. The highest BCUT2D eigenvalue weighted by molar-refractivity contribution is 5.94. The van der Waals surface area contributed by atoms with Gasteiger partial charge in [-0.25, -0.2) is 4.68 Å². The minimum atomic E-state index is -0.0171. The molecule has 7 heteroatoms. The van der Waals surface area contributed by atoms with Gasteiger partial charge in [-0.2, -0.15) is 0 Å². The van der Waals surface area contributed by atoms with E-state index in [1.807, 2.05) is 36.5 Å². The molecule has 4 rings (SSSR count). The van der Waals surface area contributed by atoms with Crippen molar-refractivity contribution in [1.82, 2.24) is 19.9 Å². The van der Waals surface area contributed by atoms with Crippen molar-refractivity contribution in [3.05, 3.63) is 71.9 Å². The highest BCUT2D eigenvalue weighted by Crippen LogP contribution is 2.22. The number of benzene rings is 1. The van der Waals surface area contributed by atoms with Crippen molar-refractivity contribution in [2.75, 3.05) is 13.1 Å². The van der Waals surface area contributed by atoms with Gasteiger partial charge in [0.15, 0.2) is 0 Å². The number of nitrogens with zero attached hydrogens (tertiary/aromatic N) is 4. The molecule has 1 fully saturated rings. The Kier molecular flexibility index (Phi) is 4.30. The quantitative estimate of drug-likeness (QED) is 0.689. The first-order valence-corrected chi connectivity index (χ1v) is 8.13. The molecule has 0 radical (unpaired) electrons. The van der Waals surface area contributed by atoms with Crippen molar-refractivity contribution >= 4 is 5.91 Å². The second-order valence-corrected chi connectivity index (χ2v) is 6.04. The molecule has 0 saturated carbocycles. The number of ether oxygens (including phenoxy) is 1. The summed E-state index contributed by atoms with van der Waals surface area (Å²) in [6, 6.07) is 11.8. The molecule has 0 aliphatic carbocycles. The number of aromatic nitrogens is 3. The molecule has 128 valence electrons. The van der Waals surface area contributed by atoms with Gasteiger partial charge < -0.3 is 14.1 Å². The van der Waals surface area contributed by atoms with Gasteiger partial charge in [0.1, 0.15) is 12.0 Å². The minimum Gasteiger partial charge on any atom is -0.472 e. The Morgan fingerprint density at radius 3 is 2.80 bits per heavy atom. The predicted octanol–water partition coefficient (Wildman–Crippen LogP) is 2.29. The molecule has 1 aliphatic rings. The maximum Gasteiger partial charge on any atom is 0.257 e.